The Labute approximate surface area is 113 Å². The van der Waals surface area contributed by atoms with Gasteiger partial charge in [-0.3, -0.25) is 4.79 Å². The van der Waals surface area contributed by atoms with Crippen molar-refractivity contribution in [1.29, 1.82) is 0 Å². The van der Waals surface area contributed by atoms with E-state index in [0.717, 1.165) is 11.1 Å². The molecule has 19 heavy (non-hydrogen) atoms. The lowest BCUT2D eigenvalue weighted by atomic mass is 9.94. The topological polar surface area (TPSA) is 98.6 Å². The van der Waals surface area contributed by atoms with E-state index in [1.165, 1.54) is 0 Å². The molecule has 0 spiro atoms. The number of ether oxygens (including phenoxy) is 1. The van der Waals surface area contributed by atoms with Crippen molar-refractivity contribution in [3.8, 4) is 5.75 Å². The Morgan fingerprint density at radius 3 is 2.47 bits per heavy atom. The fourth-order valence-electron chi connectivity index (χ4n) is 1.92. The smallest absolute Gasteiger partial charge is 0.304 e. The van der Waals surface area contributed by atoms with Gasteiger partial charge in [-0.25, -0.2) is 0 Å². The van der Waals surface area contributed by atoms with Crippen LogP contribution in [0, 0.1) is 0 Å². The lowest BCUT2D eigenvalue weighted by Gasteiger charge is -2.22. The number of carboxylic acid groups (broad SMARTS) is 1. The highest BCUT2D eigenvalue weighted by atomic mass is 16.5. The molecule has 0 saturated carbocycles. The summed E-state index contributed by atoms with van der Waals surface area (Å²) in [4.78, 5) is 10.7. The molecule has 0 aromatic heterocycles. The maximum absolute atomic E-state index is 10.7. The quantitative estimate of drug-likeness (QED) is 0.726. The van der Waals surface area contributed by atoms with Crippen molar-refractivity contribution in [3.05, 3.63) is 29.3 Å². The highest BCUT2D eigenvalue weighted by Crippen LogP contribution is 2.29. The van der Waals surface area contributed by atoms with Crippen molar-refractivity contribution in [3.63, 3.8) is 0 Å². The molecular formula is C14H22N2O3. The second kappa shape index (κ2) is 6.54. The summed E-state index contributed by atoms with van der Waals surface area (Å²) in [5, 5.41) is 8.76. The third-order valence-corrected chi connectivity index (χ3v) is 3.15. The van der Waals surface area contributed by atoms with Crippen LogP contribution >= 0.6 is 0 Å². The van der Waals surface area contributed by atoms with Gasteiger partial charge in [-0.15, -0.1) is 0 Å². The van der Waals surface area contributed by atoms with Crippen LogP contribution in [0.1, 0.15) is 43.4 Å². The SMILES string of the molecule is COc1cc(C(C)C)ccc1C(N)C(N)CC(=O)O. The van der Waals surface area contributed by atoms with Crippen molar-refractivity contribution >= 4 is 5.97 Å². The van der Waals surface area contributed by atoms with Crippen molar-refractivity contribution in [2.45, 2.75) is 38.3 Å². The first-order chi connectivity index (χ1) is 8.86. The van der Waals surface area contributed by atoms with E-state index in [4.69, 9.17) is 21.3 Å². The summed E-state index contributed by atoms with van der Waals surface area (Å²) in [5.74, 6) is 0.0760. The summed E-state index contributed by atoms with van der Waals surface area (Å²) in [7, 11) is 1.57. The van der Waals surface area contributed by atoms with Gasteiger partial charge in [0, 0.05) is 17.6 Å². The van der Waals surface area contributed by atoms with Gasteiger partial charge in [-0.1, -0.05) is 26.0 Å². The van der Waals surface area contributed by atoms with Crippen LogP contribution < -0.4 is 16.2 Å². The average molecular weight is 266 g/mol. The molecule has 5 heteroatoms. The molecular weight excluding hydrogens is 244 g/mol. The summed E-state index contributed by atoms with van der Waals surface area (Å²) in [6, 6.07) is 4.55. The number of rotatable bonds is 6. The molecule has 2 unspecified atom stereocenters. The minimum absolute atomic E-state index is 0.170. The standard InChI is InChI=1S/C14H22N2O3/c1-8(2)9-4-5-10(12(6-9)19-3)14(16)11(15)7-13(17)18/h4-6,8,11,14H,7,15-16H2,1-3H3,(H,17,18). The van der Waals surface area contributed by atoms with Gasteiger partial charge in [0.2, 0.25) is 0 Å². The van der Waals surface area contributed by atoms with Crippen LogP contribution in [0.25, 0.3) is 0 Å². The maximum atomic E-state index is 10.7. The molecule has 2 atom stereocenters. The normalized spacial score (nSPS) is 14.2. The van der Waals surface area contributed by atoms with Crippen molar-refractivity contribution in [2.75, 3.05) is 7.11 Å². The molecule has 0 fully saturated rings. The van der Waals surface area contributed by atoms with Gasteiger partial charge in [0.25, 0.3) is 0 Å². The number of hydrogen-bond donors (Lipinski definition) is 3. The van der Waals surface area contributed by atoms with E-state index in [1.54, 1.807) is 7.11 Å². The number of carboxylic acids is 1. The van der Waals surface area contributed by atoms with Crippen LogP contribution in [-0.4, -0.2) is 24.2 Å². The van der Waals surface area contributed by atoms with Crippen LogP contribution in [0.5, 0.6) is 5.75 Å². The first-order valence-corrected chi connectivity index (χ1v) is 6.27. The second-order valence-electron chi connectivity index (χ2n) is 4.94. The van der Waals surface area contributed by atoms with E-state index < -0.39 is 18.1 Å². The summed E-state index contributed by atoms with van der Waals surface area (Å²) in [6.07, 6.45) is -0.170. The zero-order chi connectivity index (χ0) is 14.6. The molecule has 1 aromatic rings. The van der Waals surface area contributed by atoms with Crippen molar-refractivity contribution in [2.24, 2.45) is 11.5 Å². The van der Waals surface area contributed by atoms with Crippen molar-refractivity contribution in [1.82, 2.24) is 0 Å². The Morgan fingerprint density at radius 1 is 1.37 bits per heavy atom. The van der Waals surface area contributed by atoms with Crippen LogP contribution in [0.15, 0.2) is 18.2 Å². The predicted molar refractivity (Wildman–Crippen MR) is 74.2 cm³/mol. The molecule has 0 aliphatic rings. The summed E-state index contributed by atoms with van der Waals surface area (Å²) >= 11 is 0. The molecule has 0 bridgehead atoms. The number of hydrogen-bond acceptors (Lipinski definition) is 4. The molecule has 0 saturated heterocycles. The minimum Gasteiger partial charge on any atom is -0.496 e. The fraction of sp³-hybridized carbons (Fsp3) is 0.500. The Morgan fingerprint density at radius 2 is 2.00 bits per heavy atom. The largest absolute Gasteiger partial charge is 0.496 e. The third-order valence-electron chi connectivity index (χ3n) is 3.15. The van der Waals surface area contributed by atoms with Crippen LogP contribution in [0.2, 0.25) is 0 Å². The Balaban J connectivity index is 3.02. The van der Waals surface area contributed by atoms with Gasteiger partial charge < -0.3 is 21.3 Å². The minimum atomic E-state index is -0.958. The Hall–Kier alpha value is -1.59. The molecule has 106 valence electrons. The lowest BCUT2D eigenvalue weighted by Crippen LogP contribution is -2.36. The van der Waals surface area contributed by atoms with Gasteiger partial charge in [0.05, 0.1) is 13.5 Å². The molecule has 1 aromatic carbocycles. The van der Waals surface area contributed by atoms with Gasteiger partial charge >= 0.3 is 5.97 Å². The van der Waals surface area contributed by atoms with E-state index >= 15 is 0 Å². The van der Waals surface area contributed by atoms with Gasteiger partial charge in [-0.05, 0) is 17.5 Å². The maximum Gasteiger partial charge on any atom is 0.304 e. The van der Waals surface area contributed by atoms with E-state index in [0.29, 0.717) is 11.7 Å². The highest BCUT2D eigenvalue weighted by Gasteiger charge is 2.21. The number of methoxy groups -OCH3 is 1. The van der Waals surface area contributed by atoms with Crippen LogP contribution in [0.3, 0.4) is 0 Å². The lowest BCUT2D eigenvalue weighted by molar-refractivity contribution is -0.137. The second-order valence-corrected chi connectivity index (χ2v) is 4.94. The highest BCUT2D eigenvalue weighted by molar-refractivity contribution is 5.67. The van der Waals surface area contributed by atoms with E-state index in [9.17, 15) is 4.79 Å². The Kier molecular flexibility index (Phi) is 5.32. The monoisotopic (exact) mass is 266 g/mol. The van der Waals surface area contributed by atoms with E-state index in [-0.39, 0.29) is 6.42 Å². The summed E-state index contributed by atoms with van der Waals surface area (Å²) in [6.45, 7) is 4.18. The number of benzene rings is 1. The first-order valence-electron chi connectivity index (χ1n) is 6.27. The zero-order valence-corrected chi connectivity index (χ0v) is 11.6. The fourth-order valence-corrected chi connectivity index (χ4v) is 1.92. The molecule has 5 nitrogen and oxygen atoms in total. The molecule has 1 rings (SSSR count). The Bertz CT molecular complexity index is 446. The molecule has 0 aliphatic carbocycles. The van der Waals surface area contributed by atoms with Gasteiger partial charge in [-0.2, -0.15) is 0 Å². The molecule has 0 heterocycles. The van der Waals surface area contributed by atoms with E-state index in [1.807, 2.05) is 18.2 Å². The molecule has 0 amide bonds. The average Bonchev–Trinajstić information content (AvgIpc) is 2.36. The summed E-state index contributed by atoms with van der Waals surface area (Å²) < 4.78 is 5.33. The van der Waals surface area contributed by atoms with Crippen molar-refractivity contribution < 1.29 is 14.6 Å². The summed E-state index contributed by atoms with van der Waals surface area (Å²) in [5.41, 5.74) is 13.7. The molecule has 0 radical (unpaired) electrons. The van der Waals surface area contributed by atoms with Crippen LogP contribution in [0.4, 0.5) is 0 Å². The van der Waals surface area contributed by atoms with Gasteiger partial charge in [0.1, 0.15) is 5.75 Å². The van der Waals surface area contributed by atoms with Crippen LogP contribution in [-0.2, 0) is 4.79 Å². The third kappa shape index (κ3) is 3.94. The van der Waals surface area contributed by atoms with Gasteiger partial charge in [0.15, 0.2) is 0 Å². The first kappa shape index (κ1) is 15.5. The molecule has 5 N–H and O–H groups in total. The number of nitrogens with two attached hydrogens (primary N) is 2. The molecule has 0 aliphatic heterocycles. The van der Waals surface area contributed by atoms with E-state index in [2.05, 4.69) is 13.8 Å². The number of carbonyl (C=O) groups is 1. The predicted octanol–water partition coefficient (Wildman–Crippen LogP) is 1.62. The zero-order valence-electron chi connectivity index (χ0n) is 11.6. The number of aliphatic carboxylic acids is 1.